The maximum atomic E-state index is 12.4. The number of likely N-dealkylation sites (tertiary alicyclic amines) is 1. The Labute approximate surface area is 135 Å². The van der Waals surface area contributed by atoms with Gasteiger partial charge in [-0.05, 0) is 42.8 Å². The van der Waals surface area contributed by atoms with E-state index in [9.17, 15) is 9.59 Å². The molecule has 1 amide bonds. The van der Waals surface area contributed by atoms with Crippen LogP contribution in [0.3, 0.4) is 0 Å². The molecule has 0 unspecified atom stereocenters. The van der Waals surface area contributed by atoms with Crippen molar-refractivity contribution < 1.29 is 14.3 Å². The number of ether oxygens (including phenoxy) is 1. The van der Waals surface area contributed by atoms with Crippen LogP contribution in [0.25, 0.3) is 10.9 Å². The summed E-state index contributed by atoms with van der Waals surface area (Å²) in [6, 6.07) is 8.07. The summed E-state index contributed by atoms with van der Waals surface area (Å²) < 4.78 is 5.06. The van der Waals surface area contributed by atoms with Gasteiger partial charge in [0.1, 0.15) is 0 Å². The number of aromatic amines is 1. The number of nitrogens with zero attached hydrogens (tertiary/aromatic N) is 1. The Morgan fingerprint density at radius 3 is 2.78 bits per heavy atom. The second kappa shape index (κ2) is 6.86. The van der Waals surface area contributed by atoms with E-state index in [-0.39, 0.29) is 17.8 Å². The molecule has 0 atom stereocenters. The number of esters is 1. The Morgan fingerprint density at radius 2 is 2.04 bits per heavy atom. The molecule has 5 nitrogen and oxygen atoms in total. The molecule has 0 saturated carbocycles. The highest BCUT2D eigenvalue weighted by atomic mass is 16.5. The van der Waals surface area contributed by atoms with Crippen molar-refractivity contribution in [3.05, 3.63) is 36.0 Å². The largest absolute Gasteiger partial charge is 0.466 e. The van der Waals surface area contributed by atoms with Gasteiger partial charge in [-0.2, -0.15) is 0 Å². The molecular formula is C18H22N2O3. The molecule has 1 aliphatic heterocycles. The fourth-order valence-corrected chi connectivity index (χ4v) is 3.12. The van der Waals surface area contributed by atoms with Crippen molar-refractivity contribution in [2.24, 2.45) is 5.92 Å². The summed E-state index contributed by atoms with van der Waals surface area (Å²) in [5, 5.41) is 1.15. The predicted molar refractivity (Wildman–Crippen MR) is 87.9 cm³/mol. The molecule has 5 heteroatoms. The van der Waals surface area contributed by atoms with Crippen LogP contribution in [0.15, 0.2) is 30.5 Å². The lowest BCUT2D eigenvalue weighted by Gasteiger charge is -2.31. The van der Waals surface area contributed by atoms with E-state index in [4.69, 9.17) is 4.74 Å². The first-order valence-corrected chi connectivity index (χ1v) is 8.18. The van der Waals surface area contributed by atoms with E-state index in [1.165, 1.54) is 0 Å². The van der Waals surface area contributed by atoms with Gasteiger partial charge in [0.25, 0.3) is 0 Å². The van der Waals surface area contributed by atoms with E-state index < -0.39 is 0 Å². The van der Waals surface area contributed by atoms with E-state index in [1.807, 2.05) is 42.3 Å². The molecule has 1 aromatic carbocycles. The van der Waals surface area contributed by atoms with Crippen LogP contribution in [-0.4, -0.2) is 41.5 Å². The van der Waals surface area contributed by atoms with E-state index in [0.717, 1.165) is 16.5 Å². The summed E-state index contributed by atoms with van der Waals surface area (Å²) in [6.45, 7) is 3.50. The summed E-state index contributed by atoms with van der Waals surface area (Å²) in [4.78, 5) is 29.2. The lowest BCUT2D eigenvalue weighted by Crippen LogP contribution is -2.41. The van der Waals surface area contributed by atoms with Crippen LogP contribution in [0.5, 0.6) is 0 Å². The standard InChI is InChI=1S/C18H22N2O3/c1-2-23-18(22)15-6-9-20(10-7-15)17(21)12-13-3-4-14-5-8-19-16(14)11-13/h3-5,8,11,15,19H,2,6-7,9-10,12H2,1H3. The topological polar surface area (TPSA) is 62.4 Å². The minimum Gasteiger partial charge on any atom is -0.466 e. The van der Waals surface area contributed by atoms with E-state index in [0.29, 0.717) is 39.0 Å². The number of aromatic nitrogens is 1. The highest BCUT2D eigenvalue weighted by Gasteiger charge is 2.28. The van der Waals surface area contributed by atoms with Crippen LogP contribution in [-0.2, 0) is 20.7 Å². The Kier molecular flexibility index (Phi) is 4.65. The summed E-state index contributed by atoms with van der Waals surface area (Å²) in [6.07, 6.45) is 3.69. The minimum atomic E-state index is -0.128. The third-order valence-corrected chi connectivity index (χ3v) is 4.44. The van der Waals surface area contributed by atoms with E-state index in [1.54, 1.807) is 0 Å². The fourth-order valence-electron chi connectivity index (χ4n) is 3.12. The zero-order valence-corrected chi connectivity index (χ0v) is 13.4. The summed E-state index contributed by atoms with van der Waals surface area (Å²) >= 11 is 0. The van der Waals surface area contributed by atoms with Crippen molar-refractivity contribution in [2.75, 3.05) is 19.7 Å². The van der Waals surface area contributed by atoms with E-state index in [2.05, 4.69) is 4.98 Å². The maximum Gasteiger partial charge on any atom is 0.309 e. The van der Waals surface area contributed by atoms with Crippen LogP contribution in [0.1, 0.15) is 25.3 Å². The number of fused-ring (bicyclic) bond motifs is 1. The van der Waals surface area contributed by atoms with E-state index >= 15 is 0 Å². The minimum absolute atomic E-state index is 0.0609. The molecule has 2 aromatic rings. The van der Waals surface area contributed by atoms with Crippen molar-refractivity contribution in [1.82, 2.24) is 9.88 Å². The molecule has 1 fully saturated rings. The van der Waals surface area contributed by atoms with Gasteiger partial charge < -0.3 is 14.6 Å². The van der Waals surface area contributed by atoms with Gasteiger partial charge in [0.05, 0.1) is 18.9 Å². The average molecular weight is 314 g/mol. The van der Waals surface area contributed by atoms with Crippen molar-refractivity contribution >= 4 is 22.8 Å². The molecule has 122 valence electrons. The zero-order valence-electron chi connectivity index (χ0n) is 13.4. The number of rotatable bonds is 4. The molecule has 1 N–H and O–H groups in total. The average Bonchev–Trinajstić information content (AvgIpc) is 3.03. The lowest BCUT2D eigenvalue weighted by atomic mass is 9.96. The number of amides is 1. The number of carbonyl (C=O) groups excluding carboxylic acids is 2. The first-order chi connectivity index (χ1) is 11.2. The van der Waals surface area contributed by atoms with Gasteiger partial charge >= 0.3 is 5.97 Å². The first-order valence-electron chi connectivity index (χ1n) is 8.18. The first kappa shape index (κ1) is 15.6. The number of H-pyrrole nitrogens is 1. The van der Waals surface area contributed by atoms with Gasteiger partial charge in [-0.25, -0.2) is 0 Å². The predicted octanol–water partition coefficient (Wildman–Crippen LogP) is 2.51. The monoisotopic (exact) mass is 314 g/mol. The fraction of sp³-hybridized carbons (Fsp3) is 0.444. The maximum absolute atomic E-state index is 12.4. The number of nitrogens with one attached hydrogen (secondary N) is 1. The van der Waals surface area contributed by atoms with Crippen molar-refractivity contribution in [2.45, 2.75) is 26.2 Å². The van der Waals surface area contributed by atoms with Crippen molar-refractivity contribution in [1.29, 1.82) is 0 Å². The number of carbonyl (C=O) groups is 2. The number of hydrogen-bond acceptors (Lipinski definition) is 3. The molecule has 0 bridgehead atoms. The normalized spacial score (nSPS) is 15.8. The highest BCUT2D eigenvalue weighted by molar-refractivity contribution is 5.83. The van der Waals surface area contributed by atoms with Gasteiger partial charge in [-0.15, -0.1) is 0 Å². The van der Waals surface area contributed by atoms with Gasteiger partial charge in [0.2, 0.25) is 5.91 Å². The quantitative estimate of drug-likeness (QED) is 0.882. The Balaban J connectivity index is 1.56. The molecule has 2 heterocycles. The third kappa shape index (κ3) is 3.55. The number of benzene rings is 1. The molecule has 0 spiro atoms. The van der Waals surface area contributed by atoms with Gasteiger partial charge in [-0.1, -0.05) is 12.1 Å². The third-order valence-electron chi connectivity index (χ3n) is 4.44. The molecule has 1 aliphatic rings. The molecule has 1 saturated heterocycles. The second-order valence-electron chi connectivity index (χ2n) is 5.98. The SMILES string of the molecule is CCOC(=O)C1CCN(C(=O)Cc2ccc3cc[nH]c3c2)CC1. The Morgan fingerprint density at radius 1 is 1.26 bits per heavy atom. The summed E-state index contributed by atoms with van der Waals surface area (Å²) in [5.41, 5.74) is 2.06. The molecule has 0 radical (unpaired) electrons. The number of piperidine rings is 1. The molecular weight excluding hydrogens is 292 g/mol. The van der Waals surface area contributed by atoms with Gasteiger partial charge in [0.15, 0.2) is 0 Å². The van der Waals surface area contributed by atoms with Crippen LogP contribution >= 0.6 is 0 Å². The van der Waals surface area contributed by atoms with Crippen LogP contribution < -0.4 is 0 Å². The van der Waals surface area contributed by atoms with Crippen LogP contribution in [0.4, 0.5) is 0 Å². The summed E-state index contributed by atoms with van der Waals surface area (Å²) in [7, 11) is 0. The van der Waals surface area contributed by atoms with Gasteiger partial charge in [-0.3, -0.25) is 9.59 Å². The van der Waals surface area contributed by atoms with Gasteiger partial charge in [0, 0.05) is 24.8 Å². The van der Waals surface area contributed by atoms with Crippen LogP contribution in [0.2, 0.25) is 0 Å². The number of hydrogen-bond donors (Lipinski definition) is 1. The molecule has 0 aliphatic carbocycles. The molecule has 3 rings (SSSR count). The Hall–Kier alpha value is -2.30. The lowest BCUT2D eigenvalue weighted by molar-refractivity contribution is -0.151. The van der Waals surface area contributed by atoms with Crippen molar-refractivity contribution in [3.8, 4) is 0 Å². The Bertz CT molecular complexity index is 699. The molecule has 1 aromatic heterocycles. The smallest absolute Gasteiger partial charge is 0.309 e. The highest BCUT2D eigenvalue weighted by Crippen LogP contribution is 2.20. The molecule has 23 heavy (non-hydrogen) atoms. The van der Waals surface area contributed by atoms with Crippen LogP contribution in [0, 0.1) is 5.92 Å². The zero-order chi connectivity index (χ0) is 16.2. The second-order valence-corrected chi connectivity index (χ2v) is 5.98. The summed E-state index contributed by atoms with van der Waals surface area (Å²) in [5.74, 6) is -0.0655. The van der Waals surface area contributed by atoms with Crippen molar-refractivity contribution in [3.63, 3.8) is 0 Å².